The maximum atomic E-state index is 12.1. The minimum absolute atomic E-state index is 0.0155. The average molecular weight is 322 g/mol. The highest BCUT2D eigenvalue weighted by molar-refractivity contribution is 5.74. The summed E-state index contributed by atoms with van der Waals surface area (Å²) in [6, 6.07) is 1.34. The van der Waals surface area contributed by atoms with Crippen molar-refractivity contribution in [2.24, 2.45) is 11.7 Å². The second-order valence-corrected chi connectivity index (χ2v) is 6.65. The van der Waals surface area contributed by atoms with Crippen LogP contribution in [-0.4, -0.2) is 29.0 Å². The van der Waals surface area contributed by atoms with Gasteiger partial charge in [-0.1, -0.05) is 20.3 Å². The van der Waals surface area contributed by atoms with E-state index in [9.17, 15) is 14.7 Å². The molecular formula is C17H26N2O4. The maximum Gasteiger partial charge on any atom is 0.227 e. The molecule has 2 heterocycles. The fourth-order valence-electron chi connectivity index (χ4n) is 3.07. The predicted molar refractivity (Wildman–Crippen MR) is 87.2 cm³/mol. The van der Waals surface area contributed by atoms with Crippen LogP contribution in [0, 0.1) is 5.92 Å². The zero-order valence-corrected chi connectivity index (χ0v) is 13.9. The third-order valence-electron chi connectivity index (χ3n) is 4.39. The summed E-state index contributed by atoms with van der Waals surface area (Å²) < 4.78 is 5.82. The Bertz CT molecular complexity index is 603. The summed E-state index contributed by atoms with van der Waals surface area (Å²) in [5.41, 5.74) is 4.83. The molecule has 2 rings (SSSR count). The van der Waals surface area contributed by atoms with Gasteiger partial charge in [-0.15, -0.1) is 0 Å². The molecule has 6 heteroatoms. The molecule has 128 valence electrons. The van der Waals surface area contributed by atoms with Gasteiger partial charge >= 0.3 is 0 Å². The molecule has 0 unspecified atom stereocenters. The van der Waals surface area contributed by atoms with E-state index in [1.165, 1.54) is 12.5 Å². The van der Waals surface area contributed by atoms with Gasteiger partial charge in [0.25, 0.3) is 0 Å². The van der Waals surface area contributed by atoms with Gasteiger partial charge in [-0.2, -0.15) is 0 Å². The van der Waals surface area contributed by atoms with Gasteiger partial charge in [0.15, 0.2) is 5.76 Å². The lowest BCUT2D eigenvalue weighted by molar-refractivity contribution is -0.118. The van der Waals surface area contributed by atoms with Crippen molar-refractivity contribution in [3.05, 3.63) is 27.8 Å². The summed E-state index contributed by atoms with van der Waals surface area (Å²) in [6.07, 6.45) is 3.56. The summed E-state index contributed by atoms with van der Waals surface area (Å²) in [5.74, 6) is -0.569. The number of hydrogen-bond acceptors (Lipinski definition) is 5. The Hall–Kier alpha value is -1.82. The Kier molecular flexibility index (Phi) is 5.82. The molecular weight excluding hydrogens is 296 g/mol. The largest absolute Gasteiger partial charge is 0.502 e. The Balaban J connectivity index is 2.30. The van der Waals surface area contributed by atoms with Crippen LogP contribution in [0.15, 0.2) is 15.3 Å². The van der Waals surface area contributed by atoms with E-state index in [4.69, 9.17) is 10.2 Å². The molecule has 1 aromatic heterocycles. The number of aromatic hydroxyl groups is 1. The first-order valence-electron chi connectivity index (χ1n) is 8.25. The topological polar surface area (TPSA) is 96.8 Å². The van der Waals surface area contributed by atoms with E-state index in [2.05, 4.69) is 4.90 Å². The Labute approximate surface area is 136 Å². The Morgan fingerprint density at radius 3 is 2.57 bits per heavy atom. The first-order chi connectivity index (χ1) is 10.9. The van der Waals surface area contributed by atoms with E-state index < -0.39 is 23.0 Å². The van der Waals surface area contributed by atoms with Crippen molar-refractivity contribution in [2.45, 2.75) is 52.0 Å². The van der Waals surface area contributed by atoms with Crippen molar-refractivity contribution in [1.82, 2.24) is 4.90 Å². The summed E-state index contributed by atoms with van der Waals surface area (Å²) >= 11 is 0. The lowest BCUT2D eigenvalue weighted by atomic mass is 9.89. The molecule has 1 aromatic rings. The molecule has 3 N–H and O–H groups in total. The number of amides is 1. The molecule has 1 atom stereocenters. The second kappa shape index (κ2) is 7.64. The van der Waals surface area contributed by atoms with Gasteiger partial charge in [0.1, 0.15) is 5.76 Å². The molecule has 6 nitrogen and oxygen atoms in total. The first-order valence-corrected chi connectivity index (χ1v) is 8.25. The highest BCUT2D eigenvalue weighted by Gasteiger charge is 2.26. The number of hydrogen-bond donors (Lipinski definition) is 2. The first kappa shape index (κ1) is 17.5. The van der Waals surface area contributed by atoms with Gasteiger partial charge in [0, 0.05) is 18.4 Å². The number of carbonyl (C=O) groups excluding carboxylic acids is 1. The third-order valence-corrected chi connectivity index (χ3v) is 4.39. The van der Waals surface area contributed by atoms with Crippen molar-refractivity contribution in [2.75, 3.05) is 13.1 Å². The number of nitrogens with two attached hydrogens (primary N) is 1. The monoisotopic (exact) mass is 322 g/mol. The molecule has 0 bridgehead atoms. The van der Waals surface area contributed by atoms with Crippen LogP contribution in [0.25, 0.3) is 0 Å². The van der Waals surface area contributed by atoms with Crippen molar-refractivity contribution >= 4 is 5.91 Å². The van der Waals surface area contributed by atoms with Crippen LogP contribution >= 0.6 is 0 Å². The van der Waals surface area contributed by atoms with Crippen LogP contribution in [0.3, 0.4) is 0 Å². The lowest BCUT2D eigenvalue weighted by Gasteiger charge is -2.26. The van der Waals surface area contributed by atoms with Crippen LogP contribution in [0.1, 0.15) is 57.0 Å². The fourth-order valence-corrected chi connectivity index (χ4v) is 3.07. The van der Waals surface area contributed by atoms with Crippen molar-refractivity contribution in [3.8, 4) is 5.75 Å². The number of rotatable bonds is 6. The van der Waals surface area contributed by atoms with Gasteiger partial charge in [-0.25, -0.2) is 0 Å². The maximum absolute atomic E-state index is 12.1. The molecule has 1 aliphatic heterocycles. The molecule has 0 aromatic carbocycles. The zero-order chi connectivity index (χ0) is 17.0. The molecule has 0 saturated carbocycles. The highest BCUT2D eigenvalue weighted by Crippen LogP contribution is 2.33. The van der Waals surface area contributed by atoms with E-state index in [1.54, 1.807) is 0 Å². The van der Waals surface area contributed by atoms with Crippen LogP contribution in [0.5, 0.6) is 5.75 Å². The summed E-state index contributed by atoms with van der Waals surface area (Å²) in [5, 5.41) is 10.1. The van der Waals surface area contributed by atoms with Gasteiger partial charge in [-0.3, -0.25) is 14.5 Å². The van der Waals surface area contributed by atoms with Gasteiger partial charge in [0.2, 0.25) is 17.1 Å². The van der Waals surface area contributed by atoms with E-state index >= 15 is 0 Å². The van der Waals surface area contributed by atoms with Crippen LogP contribution in [-0.2, 0) is 11.3 Å². The number of nitrogens with zero attached hydrogens (tertiary/aromatic N) is 1. The standard InChI is InChI=1S/C17H26N2O4/c1-11(2)13(9-15(18)21)17-16(22)14(20)8-12(23-17)10-19-6-4-3-5-7-19/h8,11,13,22H,3-7,9-10H2,1-2H3,(H2,18,21)/t13-/m1/s1. The van der Waals surface area contributed by atoms with Crippen molar-refractivity contribution in [3.63, 3.8) is 0 Å². The summed E-state index contributed by atoms with van der Waals surface area (Å²) in [6.45, 7) is 6.32. The minimum atomic E-state index is -0.479. The Morgan fingerprint density at radius 1 is 1.35 bits per heavy atom. The quantitative estimate of drug-likeness (QED) is 0.834. The highest BCUT2D eigenvalue weighted by atomic mass is 16.4. The molecule has 0 aliphatic carbocycles. The molecule has 23 heavy (non-hydrogen) atoms. The second-order valence-electron chi connectivity index (χ2n) is 6.65. The predicted octanol–water partition coefficient (Wildman–Crippen LogP) is 1.95. The summed E-state index contributed by atoms with van der Waals surface area (Å²) in [7, 11) is 0. The number of primary amides is 1. The molecule has 1 saturated heterocycles. The Morgan fingerprint density at radius 2 is 2.00 bits per heavy atom. The molecule has 1 fully saturated rings. The van der Waals surface area contributed by atoms with Gasteiger partial charge < -0.3 is 15.3 Å². The SMILES string of the molecule is CC(C)[C@@H](CC(N)=O)c1oc(CN2CCCCC2)cc(=O)c1O. The zero-order valence-electron chi connectivity index (χ0n) is 13.9. The number of carbonyl (C=O) groups is 1. The van der Waals surface area contributed by atoms with Crippen LogP contribution < -0.4 is 11.2 Å². The molecule has 0 spiro atoms. The van der Waals surface area contributed by atoms with Gasteiger partial charge in [-0.05, 0) is 31.8 Å². The minimum Gasteiger partial charge on any atom is -0.502 e. The number of piperidine rings is 1. The van der Waals surface area contributed by atoms with E-state index in [-0.39, 0.29) is 18.1 Å². The van der Waals surface area contributed by atoms with E-state index in [1.807, 2.05) is 13.8 Å². The summed E-state index contributed by atoms with van der Waals surface area (Å²) in [4.78, 5) is 25.6. The van der Waals surface area contributed by atoms with Crippen molar-refractivity contribution < 1.29 is 14.3 Å². The van der Waals surface area contributed by atoms with Crippen LogP contribution in [0.4, 0.5) is 0 Å². The van der Waals surface area contributed by atoms with Crippen LogP contribution in [0.2, 0.25) is 0 Å². The molecule has 0 radical (unpaired) electrons. The average Bonchev–Trinajstić information content (AvgIpc) is 2.49. The fraction of sp³-hybridized carbons (Fsp3) is 0.647. The van der Waals surface area contributed by atoms with E-state index in [0.717, 1.165) is 25.9 Å². The lowest BCUT2D eigenvalue weighted by Crippen LogP contribution is -2.29. The van der Waals surface area contributed by atoms with Crippen molar-refractivity contribution in [1.29, 1.82) is 0 Å². The molecule has 1 aliphatic rings. The number of likely N-dealkylation sites (tertiary alicyclic amines) is 1. The third kappa shape index (κ3) is 4.58. The van der Waals surface area contributed by atoms with Gasteiger partial charge in [0.05, 0.1) is 6.54 Å². The smallest absolute Gasteiger partial charge is 0.227 e. The molecule has 1 amide bonds. The normalized spacial score (nSPS) is 17.3. The van der Waals surface area contributed by atoms with E-state index in [0.29, 0.717) is 12.3 Å².